The molecule has 11 nitrogen and oxygen atoms in total. The van der Waals surface area contributed by atoms with E-state index in [1.807, 2.05) is 0 Å². The Kier molecular flexibility index (Phi) is 7.18. The number of alkyl halides is 1. The highest BCUT2D eigenvalue weighted by Gasteiger charge is 2.24. The molecule has 1 atom stereocenters. The lowest BCUT2D eigenvalue weighted by atomic mass is 10.0. The molecule has 2 aromatic heterocycles. The molecule has 2 heterocycles. The Morgan fingerprint density at radius 1 is 1.22 bits per heavy atom. The van der Waals surface area contributed by atoms with Crippen molar-refractivity contribution in [2.75, 3.05) is 25.7 Å². The summed E-state index contributed by atoms with van der Waals surface area (Å²) in [4.78, 5) is 23.4. The topological polar surface area (TPSA) is 157 Å². The number of anilines is 1. The SMILES string of the molecule is COc1cc(C(Nc2ccc(C(=N)N)cc2)c2nn(-c3ncccn3)c(=O)[nH]2)cc(OCCF)c1F. The summed E-state index contributed by atoms with van der Waals surface area (Å²) in [6.07, 6.45) is 2.93. The lowest BCUT2D eigenvalue weighted by Gasteiger charge is -2.20. The maximum absolute atomic E-state index is 14.8. The zero-order valence-electron chi connectivity index (χ0n) is 19.0. The van der Waals surface area contributed by atoms with Crippen LogP contribution in [0.3, 0.4) is 0 Å². The van der Waals surface area contributed by atoms with Gasteiger partial charge < -0.3 is 20.5 Å². The predicted molar refractivity (Wildman–Crippen MR) is 127 cm³/mol. The lowest BCUT2D eigenvalue weighted by Crippen LogP contribution is -2.18. The van der Waals surface area contributed by atoms with Crippen LogP contribution in [-0.2, 0) is 0 Å². The molecular weight excluding hydrogens is 474 g/mol. The maximum Gasteiger partial charge on any atom is 0.350 e. The van der Waals surface area contributed by atoms with Crippen LogP contribution >= 0.6 is 0 Å². The zero-order chi connectivity index (χ0) is 25.7. The normalized spacial score (nSPS) is 11.6. The van der Waals surface area contributed by atoms with Crippen LogP contribution in [0.5, 0.6) is 11.5 Å². The van der Waals surface area contributed by atoms with Crippen LogP contribution in [0.2, 0.25) is 0 Å². The lowest BCUT2D eigenvalue weighted by molar-refractivity contribution is 0.257. The third-order valence-electron chi connectivity index (χ3n) is 5.07. The third-order valence-corrected chi connectivity index (χ3v) is 5.07. The smallest absolute Gasteiger partial charge is 0.350 e. The standard InChI is InChI=1S/C23H22F2N8O3/c1-35-16-11-14(12-17(18(16)25)36-10-7-24)19(30-15-5-3-13(4-6-15)20(26)27)21-31-23(34)33(32-21)22-28-8-2-9-29-22/h2-6,8-9,11-12,19,30H,7,10H2,1H3,(H3,26,27)(H,31,32,34). The number of rotatable bonds is 10. The van der Waals surface area contributed by atoms with Gasteiger partial charge in [0.25, 0.3) is 5.95 Å². The zero-order valence-corrected chi connectivity index (χ0v) is 19.0. The van der Waals surface area contributed by atoms with E-state index in [4.69, 9.17) is 20.6 Å². The van der Waals surface area contributed by atoms with Gasteiger partial charge in [0.2, 0.25) is 5.82 Å². The van der Waals surface area contributed by atoms with E-state index in [1.54, 1.807) is 30.3 Å². The average molecular weight is 496 g/mol. The quantitative estimate of drug-likeness (QED) is 0.192. The van der Waals surface area contributed by atoms with E-state index in [9.17, 15) is 13.6 Å². The number of aromatic nitrogens is 5. The van der Waals surface area contributed by atoms with Crippen LogP contribution in [0.1, 0.15) is 23.0 Å². The molecule has 186 valence electrons. The summed E-state index contributed by atoms with van der Waals surface area (Å²) in [6.45, 7) is -1.17. The fraction of sp³-hybridized carbons (Fsp3) is 0.174. The molecule has 0 bridgehead atoms. The minimum Gasteiger partial charge on any atom is -0.494 e. The molecule has 0 aliphatic rings. The molecule has 4 aromatic rings. The molecular formula is C23H22F2N8O3. The van der Waals surface area contributed by atoms with Gasteiger partial charge >= 0.3 is 5.69 Å². The largest absolute Gasteiger partial charge is 0.494 e. The van der Waals surface area contributed by atoms with Gasteiger partial charge in [0.05, 0.1) is 7.11 Å². The van der Waals surface area contributed by atoms with Gasteiger partial charge in [-0.1, -0.05) is 0 Å². The molecule has 0 aliphatic carbocycles. The van der Waals surface area contributed by atoms with E-state index in [2.05, 4.69) is 25.4 Å². The third kappa shape index (κ3) is 5.14. The Balaban J connectivity index is 1.82. The first-order valence-electron chi connectivity index (χ1n) is 10.6. The number of nitrogens with one attached hydrogen (secondary N) is 3. The first kappa shape index (κ1) is 24.3. The van der Waals surface area contributed by atoms with Crippen molar-refractivity contribution < 1.29 is 18.3 Å². The van der Waals surface area contributed by atoms with Crippen molar-refractivity contribution in [3.05, 3.63) is 88.1 Å². The van der Waals surface area contributed by atoms with Gasteiger partial charge in [-0.05, 0) is 48.0 Å². The van der Waals surface area contributed by atoms with Gasteiger partial charge in [-0.25, -0.2) is 19.2 Å². The number of nitrogen functional groups attached to an aromatic ring is 1. The van der Waals surface area contributed by atoms with Crippen molar-refractivity contribution in [2.24, 2.45) is 5.73 Å². The Morgan fingerprint density at radius 3 is 2.56 bits per heavy atom. The number of ether oxygens (including phenoxy) is 2. The summed E-state index contributed by atoms with van der Waals surface area (Å²) < 4.78 is 38.9. The van der Waals surface area contributed by atoms with E-state index in [-0.39, 0.29) is 35.7 Å². The van der Waals surface area contributed by atoms with Crippen LogP contribution in [0, 0.1) is 11.2 Å². The average Bonchev–Trinajstić information content (AvgIpc) is 3.28. The highest BCUT2D eigenvalue weighted by atomic mass is 19.1. The second kappa shape index (κ2) is 10.6. The Hall–Kier alpha value is -4.81. The summed E-state index contributed by atoms with van der Waals surface area (Å²) in [7, 11) is 1.29. The van der Waals surface area contributed by atoms with E-state index in [1.165, 1.54) is 31.6 Å². The first-order valence-corrected chi connectivity index (χ1v) is 10.6. The second-order valence-corrected chi connectivity index (χ2v) is 7.42. The van der Waals surface area contributed by atoms with Gasteiger partial charge in [-0.3, -0.25) is 10.4 Å². The van der Waals surface area contributed by atoms with Gasteiger partial charge in [0.15, 0.2) is 17.3 Å². The number of hydrogen-bond acceptors (Lipinski definition) is 8. The molecule has 0 radical (unpaired) electrons. The van der Waals surface area contributed by atoms with Gasteiger partial charge in [0.1, 0.15) is 25.2 Å². The Labute approximate surface area is 203 Å². The fourth-order valence-electron chi connectivity index (χ4n) is 3.39. The number of hydrogen-bond donors (Lipinski definition) is 4. The summed E-state index contributed by atoms with van der Waals surface area (Å²) in [6, 6.07) is 10.2. The minimum absolute atomic E-state index is 0.0539. The van der Waals surface area contributed by atoms with Crippen molar-refractivity contribution in [2.45, 2.75) is 6.04 Å². The van der Waals surface area contributed by atoms with Crippen LogP contribution in [0.15, 0.2) is 59.7 Å². The van der Waals surface area contributed by atoms with Crippen LogP contribution in [0.25, 0.3) is 5.95 Å². The predicted octanol–water partition coefficient (Wildman–Crippen LogP) is 2.33. The number of H-pyrrole nitrogens is 1. The summed E-state index contributed by atoms with van der Waals surface area (Å²) >= 11 is 0. The molecule has 4 rings (SSSR count). The number of methoxy groups -OCH3 is 1. The van der Waals surface area contributed by atoms with Gasteiger partial charge in [-0.2, -0.15) is 4.39 Å². The summed E-state index contributed by atoms with van der Waals surface area (Å²) in [5, 5.41) is 15.1. The number of halogens is 2. The van der Waals surface area contributed by atoms with Crippen LogP contribution < -0.4 is 26.2 Å². The highest BCUT2D eigenvalue weighted by molar-refractivity contribution is 5.95. The molecule has 0 spiro atoms. The monoisotopic (exact) mass is 496 g/mol. The Morgan fingerprint density at radius 2 is 1.92 bits per heavy atom. The minimum atomic E-state index is -0.854. The fourth-order valence-corrected chi connectivity index (χ4v) is 3.39. The summed E-state index contributed by atoms with van der Waals surface area (Å²) in [5.41, 5.74) is 6.42. The molecule has 0 saturated heterocycles. The number of nitrogens with zero attached hydrogens (tertiary/aromatic N) is 4. The van der Waals surface area contributed by atoms with Crippen LogP contribution in [0.4, 0.5) is 14.5 Å². The molecule has 2 aromatic carbocycles. The van der Waals surface area contributed by atoms with Gasteiger partial charge in [-0.15, -0.1) is 9.78 Å². The van der Waals surface area contributed by atoms with Crippen molar-refractivity contribution in [1.29, 1.82) is 5.41 Å². The number of nitrogens with two attached hydrogens (primary N) is 1. The van der Waals surface area contributed by atoms with Crippen molar-refractivity contribution >= 4 is 11.5 Å². The molecule has 0 amide bonds. The molecule has 36 heavy (non-hydrogen) atoms. The Bertz CT molecular complexity index is 1410. The second-order valence-electron chi connectivity index (χ2n) is 7.42. The molecule has 0 aliphatic heterocycles. The number of benzene rings is 2. The molecule has 0 saturated carbocycles. The first-order chi connectivity index (χ1) is 17.4. The molecule has 13 heteroatoms. The van der Waals surface area contributed by atoms with Crippen molar-refractivity contribution in [3.8, 4) is 17.4 Å². The van der Waals surface area contributed by atoms with E-state index < -0.39 is 24.2 Å². The highest BCUT2D eigenvalue weighted by Crippen LogP contribution is 2.34. The maximum atomic E-state index is 14.8. The summed E-state index contributed by atoms with van der Waals surface area (Å²) in [5.74, 6) is -1.06. The van der Waals surface area contributed by atoms with E-state index in [0.717, 1.165) is 4.68 Å². The van der Waals surface area contributed by atoms with E-state index >= 15 is 0 Å². The van der Waals surface area contributed by atoms with Crippen molar-refractivity contribution in [1.82, 2.24) is 24.7 Å². The van der Waals surface area contributed by atoms with E-state index in [0.29, 0.717) is 16.8 Å². The number of amidine groups is 1. The molecule has 0 fully saturated rings. The number of aromatic amines is 1. The molecule has 1 unspecified atom stereocenters. The van der Waals surface area contributed by atoms with Crippen molar-refractivity contribution in [3.63, 3.8) is 0 Å². The van der Waals surface area contributed by atoms with Gasteiger partial charge in [0, 0.05) is 23.6 Å². The van der Waals surface area contributed by atoms with Crippen LogP contribution in [-0.4, -0.2) is 51.0 Å². The molecule has 5 N–H and O–H groups in total.